The predicted octanol–water partition coefficient (Wildman–Crippen LogP) is 2.88. The Morgan fingerprint density at radius 2 is 2.18 bits per heavy atom. The summed E-state index contributed by atoms with van der Waals surface area (Å²) in [6.45, 7) is 0.864. The van der Waals surface area contributed by atoms with Gasteiger partial charge in [-0.25, -0.2) is 0 Å². The number of nitrogens with two attached hydrogens (primary N) is 1. The molecule has 0 aromatic heterocycles. The van der Waals surface area contributed by atoms with Gasteiger partial charge < -0.3 is 15.4 Å². The third-order valence-corrected chi connectivity index (χ3v) is 5.21. The largest absolute Gasteiger partial charge is 0.497 e. The minimum absolute atomic E-state index is 0.195. The zero-order valence-electron chi connectivity index (χ0n) is 13.3. The summed E-state index contributed by atoms with van der Waals surface area (Å²) in [5, 5.41) is 0. The highest BCUT2D eigenvalue weighted by molar-refractivity contribution is 5.77. The van der Waals surface area contributed by atoms with Gasteiger partial charge in [0.1, 0.15) is 5.75 Å². The molecule has 1 unspecified atom stereocenters. The van der Waals surface area contributed by atoms with Crippen LogP contribution in [0, 0.1) is 5.92 Å². The van der Waals surface area contributed by atoms with Gasteiger partial charge in [0.05, 0.1) is 13.2 Å². The summed E-state index contributed by atoms with van der Waals surface area (Å²) in [5.74, 6) is 1.50. The summed E-state index contributed by atoms with van der Waals surface area (Å²) < 4.78 is 5.31. The number of hydrogen-bond acceptors (Lipinski definition) is 3. The van der Waals surface area contributed by atoms with Crippen molar-refractivity contribution in [2.45, 2.75) is 50.6 Å². The second-order valence-electron chi connectivity index (χ2n) is 6.58. The Kier molecular flexibility index (Phi) is 4.67. The van der Waals surface area contributed by atoms with Crippen LogP contribution in [0.2, 0.25) is 0 Å². The van der Waals surface area contributed by atoms with Crippen molar-refractivity contribution in [1.82, 2.24) is 4.90 Å². The average Bonchev–Trinajstić information content (AvgIpc) is 3.17. The molecule has 1 amide bonds. The fraction of sp³-hybridized carbons (Fsp3) is 0.611. The van der Waals surface area contributed by atoms with Crippen molar-refractivity contribution in [2.75, 3.05) is 13.7 Å². The molecule has 2 aliphatic rings. The Morgan fingerprint density at radius 1 is 1.32 bits per heavy atom. The number of hydrogen-bond donors (Lipinski definition) is 1. The van der Waals surface area contributed by atoms with E-state index in [1.54, 1.807) is 7.11 Å². The Balaban J connectivity index is 1.70. The lowest BCUT2D eigenvalue weighted by Gasteiger charge is -2.27. The molecule has 4 heteroatoms. The highest BCUT2D eigenvalue weighted by Gasteiger charge is 2.33. The third kappa shape index (κ3) is 3.12. The monoisotopic (exact) mass is 302 g/mol. The number of rotatable bonds is 4. The van der Waals surface area contributed by atoms with Crippen LogP contribution in [0.4, 0.5) is 0 Å². The van der Waals surface area contributed by atoms with Gasteiger partial charge in [-0.15, -0.1) is 0 Å². The fourth-order valence-electron chi connectivity index (χ4n) is 3.92. The Morgan fingerprint density at radius 3 is 2.91 bits per heavy atom. The maximum absolute atomic E-state index is 12.7. The van der Waals surface area contributed by atoms with Gasteiger partial charge >= 0.3 is 0 Å². The maximum Gasteiger partial charge on any atom is 0.223 e. The molecule has 120 valence electrons. The van der Waals surface area contributed by atoms with Crippen LogP contribution in [0.25, 0.3) is 0 Å². The highest BCUT2D eigenvalue weighted by Crippen LogP contribution is 2.35. The number of amides is 1. The van der Waals surface area contributed by atoms with E-state index in [0.29, 0.717) is 12.3 Å². The van der Waals surface area contributed by atoms with Crippen molar-refractivity contribution in [3.63, 3.8) is 0 Å². The minimum atomic E-state index is 0.195. The first-order valence-electron chi connectivity index (χ1n) is 8.38. The summed E-state index contributed by atoms with van der Waals surface area (Å²) in [6, 6.07) is 8.50. The zero-order chi connectivity index (χ0) is 15.5. The summed E-state index contributed by atoms with van der Waals surface area (Å²) in [7, 11) is 1.68. The van der Waals surface area contributed by atoms with Crippen LogP contribution < -0.4 is 10.5 Å². The van der Waals surface area contributed by atoms with Crippen LogP contribution >= 0.6 is 0 Å². The normalized spacial score (nSPS) is 28.1. The molecule has 1 saturated carbocycles. The molecule has 1 aliphatic carbocycles. The average molecular weight is 302 g/mol. The van der Waals surface area contributed by atoms with Gasteiger partial charge in [0.15, 0.2) is 0 Å². The lowest BCUT2D eigenvalue weighted by Crippen LogP contribution is -2.35. The maximum atomic E-state index is 12.7. The molecule has 1 aromatic carbocycles. The van der Waals surface area contributed by atoms with Gasteiger partial charge in [0.2, 0.25) is 5.91 Å². The highest BCUT2D eigenvalue weighted by atomic mass is 16.5. The van der Waals surface area contributed by atoms with Crippen molar-refractivity contribution in [3.8, 4) is 5.75 Å². The van der Waals surface area contributed by atoms with E-state index >= 15 is 0 Å². The molecule has 1 aromatic rings. The van der Waals surface area contributed by atoms with E-state index in [0.717, 1.165) is 38.0 Å². The Labute approximate surface area is 132 Å². The Bertz CT molecular complexity index is 532. The van der Waals surface area contributed by atoms with Gasteiger partial charge in [-0.3, -0.25) is 4.79 Å². The molecular formula is C18H26N2O2. The molecule has 0 bridgehead atoms. The van der Waals surface area contributed by atoms with E-state index in [4.69, 9.17) is 10.5 Å². The number of carbonyl (C=O) groups excluding carboxylic acids is 1. The molecule has 0 spiro atoms. The van der Waals surface area contributed by atoms with E-state index in [1.807, 2.05) is 12.1 Å². The van der Waals surface area contributed by atoms with Crippen LogP contribution in [-0.4, -0.2) is 30.5 Å². The summed E-state index contributed by atoms with van der Waals surface area (Å²) in [4.78, 5) is 14.8. The standard InChI is InChI=1S/C18H26N2O2/c1-22-15-7-2-6-14(11-15)17-9-4-10-20(17)18(21)12-13-5-3-8-16(13)19/h2,6-7,11,13,16-17H,3-5,8-10,12,19H2,1H3/t13-,16+,17?/m0/s1. The quantitative estimate of drug-likeness (QED) is 0.930. The van der Waals surface area contributed by atoms with Crippen LogP contribution in [-0.2, 0) is 4.79 Å². The molecule has 1 saturated heterocycles. The van der Waals surface area contributed by atoms with Gasteiger partial charge in [-0.2, -0.15) is 0 Å². The summed E-state index contributed by atoms with van der Waals surface area (Å²) in [6.07, 6.45) is 6.06. The molecule has 3 atom stereocenters. The Hall–Kier alpha value is -1.55. The topological polar surface area (TPSA) is 55.6 Å². The molecule has 1 aliphatic heterocycles. The number of methoxy groups -OCH3 is 1. The molecule has 1 heterocycles. The minimum Gasteiger partial charge on any atom is -0.497 e. The second kappa shape index (κ2) is 6.69. The second-order valence-corrected chi connectivity index (χ2v) is 6.58. The number of ether oxygens (including phenoxy) is 1. The SMILES string of the molecule is COc1cccc(C2CCCN2C(=O)C[C@@H]2CCC[C@H]2N)c1. The number of benzene rings is 1. The smallest absolute Gasteiger partial charge is 0.223 e. The molecule has 2 fully saturated rings. The van der Waals surface area contributed by atoms with Crippen molar-refractivity contribution < 1.29 is 9.53 Å². The van der Waals surface area contributed by atoms with E-state index in [-0.39, 0.29) is 18.0 Å². The van der Waals surface area contributed by atoms with E-state index in [2.05, 4.69) is 17.0 Å². The van der Waals surface area contributed by atoms with E-state index < -0.39 is 0 Å². The molecule has 3 rings (SSSR count). The molecule has 2 N–H and O–H groups in total. The van der Waals surface area contributed by atoms with Crippen LogP contribution in [0.1, 0.15) is 50.1 Å². The van der Waals surface area contributed by atoms with Gasteiger partial charge in [0.25, 0.3) is 0 Å². The van der Waals surface area contributed by atoms with Gasteiger partial charge in [-0.05, 0) is 49.3 Å². The lowest BCUT2D eigenvalue weighted by molar-refractivity contribution is -0.133. The lowest BCUT2D eigenvalue weighted by atomic mass is 9.98. The van der Waals surface area contributed by atoms with Crippen molar-refractivity contribution >= 4 is 5.91 Å². The fourth-order valence-corrected chi connectivity index (χ4v) is 3.92. The van der Waals surface area contributed by atoms with E-state index in [9.17, 15) is 4.79 Å². The molecular weight excluding hydrogens is 276 g/mol. The van der Waals surface area contributed by atoms with Crippen molar-refractivity contribution in [3.05, 3.63) is 29.8 Å². The molecule has 0 radical (unpaired) electrons. The van der Waals surface area contributed by atoms with Crippen molar-refractivity contribution in [1.29, 1.82) is 0 Å². The van der Waals surface area contributed by atoms with Gasteiger partial charge in [0, 0.05) is 19.0 Å². The number of carbonyl (C=O) groups is 1. The van der Waals surface area contributed by atoms with Crippen LogP contribution in [0.5, 0.6) is 5.75 Å². The van der Waals surface area contributed by atoms with Gasteiger partial charge in [-0.1, -0.05) is 18.6 Å². The third-order valence-electron chi connectivity index (χ3n) is 5.21. The summed E-state index contributed by atoms with van der Waals surface area (Å²) >= 11 is 0. The first kappa shape index (κ1) is 15.3. The van der Waals surface area contributed by atoms with Crippen LogP contribution in [0.3, 0.4) is 0 Å². The number of nitrogens with zero attached hydrogens (tertiary/aromatic N) is 1. The zero-order valence-corrected chi connectivity index (χ0v) is 13.3. The first-order chi connectivity index (χ1) is 10.7. The first-order valence-corrected chi connectivity index (χ1v) is 8.38. The summed E-state index contributed by atoms with van der Waals surface area (Å²) in [5.41, 5.74) is 7.30. The van der Waals surface area contributed by atoms with E-state index in [1.165, 1.54) is 12.0 Å². The predicted molar refractivity (Wildman–Crippen MR) is 86.6 cm³/mol. The number of likely N-dealkylation sites (tertiary alicyclic amines) is 1. The van der Waals surface area contributed by atoms with Crippen LogP contribution in [0.15, 0.2) is 24.3 Å². The molecule has 4 nitrogen and oxygen atoms in total. The van der Waals surface area contributed by atoms with Crippen molar-refractivity contribution in [2.24, 2.45) is 11.7 Å². The molecule has 22 heavy (non-hydrogen) atoms.